The van der Waals surface area contributed by atoms with Gasteiger partial charge in [0.05, 0.1) is 11.9 Å². The van der Waals surface area contributed by atoms with Crippen LogP contribution in [0.5, 0.6) is 0 Å². The van der Waals surface area contributed by atoms with Crippen LogP contribution in [-0.2, 0) is 4.79 Å². The molecule has 1 aliphatic rings. The van der Waals surface area contributed by atoms with Gasteiger partial charge in [-0.1, -0.05) is 12.1 Å². The summed E-state index contributed by atoms with van der Waals surface area (Å²) in [7, 11) is 0. The van der Waals surface area contributed by atoms with Crippen molar-refractivity contribution >= 4 is 5.91 Å². The molecule has 1 aliphatic heterocycles. The van der Waals surface area contributed by atoms with Crippen molar-refractivity contribution in [3.05, 3.63) is 42.1 Å². The minimum absolute atomic E-state index is 0.0559. The molecule has 0 spiro atoms. The Bertz CT molecular complexity index is 665. The van der Waals surface area contributed by atoms with Crippen LogP contribution >= 0.6 is 0 Å². The zero-order chi connectivity index (χ0) is 15.0. The molecule has 5 heteroatoms. The number of hydrogen-bond donors (Lipinski definition) is 1. The highest BCUT2D eigenvalue weighted by molar-refractivity contribution is 5.79. The van der Waals surface area contributed by atoms with Gasteiger partial charge in [0, 0.05) is 30.5 Å². The second-order valence-corrected chi connectivity index (χ2v) is 5.70. The molecule has 21 heavy (non-hydrogen) atoms. The average molecular weight is 287 g/mol. The van der Waals surface area contributed by atoms with Crippen LogP contribution in [0.4, 0.5) is 4.39 Å². The van der Waals surface area contributed by atoms with E-state index in [4.69, 9.17) is 0 Å². The first-order valence-corrected chi connectivity index (χ1v) is 7.15. The summed E-state index contributed by atoms with van der Waals surface area (Å²) in [6.45, 7) is 4.68. The molecule has 2 aromatic rings. The van der Waals surface area contributed by atoms with Crippen molar-refractivity contribution in [2.45, 2.75) is 32.2 Å². The maximum absolute atomic E-state index is 13.8. The number of aromatic nitrogens is 2. The standard InChI is InChI=1S/C16H18FN3O/c1-10(2)20-9-11(7-15(20)21)16-18-8-14(19-16)12-5-3-4-6-13(12)17/h3-6,8,10-11H,7,9H2,1-2H3,(H,18,19)/t11-/m0/s1. The summed E-state index contributed by atoms with van der Waals surface area (Å²) >= 11 is 0. The fourth-order valence-corrected chi connectivity index (χ4v) is 2.77. The van der Waals surface area contributed by atoms with Crippen molar-refractivity contribution in [2.75, 3.05) is 6.54 Å². The van der Waals surface area contributed by atoms with Gasteiger partial charge in [0.25, 0.3) is 0 Å². The van der Waals surface area contributed by atoms with Gasteiger partial charge < -0.3 is 9.88 Å². The number of hydrogen-bond acceptors (Lipinski definition) is 2. The number of amides is 1. The minimum atomic E-state index is -0.279. The van der Waals surface area contributed by atoms with E-state index in [0.717, 1.165) is 5.82 Å². The van der Waals surface area contributed by atoms with Crippen LogP contribution in [0, 0.1) is 5.82 Å². The number of likely N-dealkylation sites (tertiary alicyclic amines) is 1. The lowest BCUT2D eigenvalue weighted by molar-refractivity contribution is -0.129. The smallest absolute Gasteiger partial charge is 0.223 e. The number of H-pyrrole nitrogens is 1. The molecule has 4 nitrogen and oxygen atoms in total. The number of nitrogens with zero attached hydrogens (tertiary/aromatic N) is 2. The average Bonchev–Trinajstić information content (AvgIpc) is 3.05. The fourth-order valence-electron chi connectivity index (χ4n) is 2.77. The van der Waals surface area contributed by atoms with Gasteiger partial charge in [0.1, 0.15) is 11.6 Å². The first kappa shape index (κ1) is 13.8. The van der Waals surface area contributed by atoms with Gasteiger partial charge in [-0.05, 0) is 26.0 Å². The molecule has 1 saturated heterocycles. The maximum atomic E-state index is 13.8. The number of imidazole rings is 1. The third kappa shape index (κ3) is 2.55. The number of nitrogens with one attached hydrogen (secondary N) is 1. The zero-order valence-electron chi connectivity index (χ0n) is 12.1. The van der Waals surface area contributed by atoms with Gasteiger partial charge in [-0.25, -0.2) is 9.37 Å². The summed E-state index contributed by atoms with van der Waals surface area (Å²) in [5.74, 6) is 0.683. The topological polar surface area (TPSA) is 49.0 Å². The number of halogens is 1. The Morgan fingerprint density at radius 1 is 1.38 bits per heavy atom. The summed E-state index contributed by atoms with van der Waals surface area (Å²) in [4.78, 5) is 21.3. The molecule has 3 rings (SSSR count). The van der Waals surface area contributed by atoms with Crippen molar-refractivity contribution < 1.29 is 9.18 Å². The third-order valence-corrected chi connectivity index (χ3v) is 3.93. The van der Waals surface area contributed by atoms with E-state index in [0.29, 0.717) is 24.2 Å². The molecule has 0 aliphatic carbocycles. The summed E-state index contributed by atoms with van der Waals surface area (Å²) in [6, 6.07) is 6.79. The molecule has 1 atom stereocenters. The van der Waals surface area contributed by atoms with Crippen LogP contribution in [0.25, 0.3) is 11.3 Å². The van der Waals surface area contributed by atoms with Crippen LogP contribution in [-0.4, -0.2) is 33.4 Å². The van der Waals surface area contributed by atoms with E-state index in [9.17, 15) is 9.18 Å². The van der Waals surface area contributed by atoms with E-state index in [1.54, 1.807) is 24.4 Å². The van der Waals surface area contributed by atoms with Gasteiger partial charge >= 0.3 is 0 Å². The van der Waals surface area contributed by atoms with E-state index < -0.39 is 0 Å². The Kier molecular flexibility index (Phi) is 3.49. The second kappa shape index (κ2) is 5.31. The molecule has 1 aromatic carbocycles. The third-order valence-electron chi connectivity index (χ3n) is 3.93. The molecule has 110 valence electrons. The normalized spacial score (nSPS) is 18.8. The van der Waals surface area contributed by atoms with E-state index in [1.165, 1.54) is 6.07 Å². The van der Waals surface area contributed by atoms with Crippen LogP contribution in [0.15, 0.2) is 30.5 Å². The van der Waals surface area contributed by atoms with Crippen LogP contribution in [0.1, 0.15) is 32.0 Å². The Hall–Kier alpha value is -2.17. The van der Waals surface area contributed by atoms with Crippen molar-refractivity contribution in [2.24, 2.45) is 0 Å². The van der Waals surface area contributed by atoms with E-state index in [-0.39, 0.29) is 23.7 Å². The Balaban J connectivity index is 1.84. The Morgan fingerprint density at radius 3 is 2.81 bits per heavy atom. The van der Waals surface area contributed by atoms with E-state index in [2.05, 4.69) is 9.97 Å². The molecular weight excluding hydrogens is 269 g/mol. The number of benzene rings is 1. The van der Waals surface area contributed by atoms with Gasteiger partial charge in [-0.15, -0.1) is 0 Å². The van der Waals surface area contributed by atoms with Gasteiger partial charge in [-0.2, -0.15) is 0 Å². The summed E-state index contributed by atoms with van der Waals surface area (Å²) in [6.07, 6.45) is 2.10. The lowest BCUT2D eigenvalue weighted by Gasteiger charge is -2.20. The minimum Gasteiger partial charge on any atom is -0.342 e. The molecule has 0 bridgehead atoms. The van der Waals surface area contributed by atoms with Gasteiger partial charge in [-0.3, -0.25) is 4.79 Å². The maximum Gasteiger partial charge on any atom is 0.223 e. The molecule has 0 saturated carbocycles. The molecule has 1 N–H and O–H groups in total. The molecule has 1 aromatic heterocycles. The number of aromatic amines is 1. The van der Waals surface area contributed by atoms with Crippen LogP contribution in [0.3, 0.4) is 0 Å². The molecule has 1 amide bonds. The number of carbonyl (C=O) groups is 1. The van der Waals surface area contributed by atoms with Gasteiger partial charge in [0.2, 0.25) is 5.91 Å². The Labute approximate surface area is 123 Å². The molecule has 0 unspecified atom stereocenters. The molecule has 1 fully saturated rings. The zero-order valence-corrected chi connectivity index (χ0v) is 12.1. The predicted molar refractivity (Wildman–Crippen MR) is 78.2 cm³/mol. The summed E-state index contributed by atoms with van der Waals surface area (Å²) < 4.78 is 13.8. The lowest BCUT2D eigenvalue weighted by Crippen LogP contribution is -2.31. The van der Waals surface area contributed by atoms with Crippen molar-refractivity contribution in [1.29, 1.82) is 0 Å². The van der Waals surface area contributed by atoms with E-state index in [1.807, 2.05) is 18.7 Å². The van der Waals surface area contributed by atoms with Gasteiger partial charge in [0.15, 0.2) is 0 Å². The molecule has 0 radical (unpaired) electrons. The number of rotatable bonds is 3. The number of carbonyl (C=O) groups excluding carboxylic acids is 1. The largest absolute Gasteiger partial charge is 0.342 e. The quantitative estimate of drug-likeness (QED) is 0.943. The van der Waals surface area contributed by atoms with E-state index >= 15 is 0 Å². The highest BCUT2D eigenvalue weighted by Crippen LogP contribution is 2.29. The Morgan fingerprint density at radius 2 is 2.14 bits per heavy atom. The van der Waals surface area contributed by atoms with Crippen LogP contribution < -0.4 is 0 Å². The highest BCUT2D eigenvalue weighted by atomic mass is 19.1. The highest BCUT2D eigenvalue weighted by Gasteiger charge is 2.33. The SMILES string of the molecule is CC(C)N1C[C@@H](c2ncc(-c3ccccc3F)[nH]2)CC1=O. The van der Waals surface area contributed by atoms with Crippen molar-refractivity contribution in [3.63, 3.8) is 0 Å². The first-order valence-electron chi connectivity index (χ1n) is 7.15. The molecule has 2 heterocycles. The van der Waals surface area contributed by atoms with Crippen molar-refractivity contribution in [1.82, 2.24) is 14.9 Å². The van der Waals surface area contributed by atoms with Crippen LogP contribution in [0.2, 0.25) is 0 Å². The summed E-state index contributed by atoms with van der Waals surface area (Å²) in [5, 5.41) is 0. The molecular formula is C16H18FN3O. The first-order chi connectivity index (χ1) is 10.1. The fraction of sp³-hybridized carbons (Fsp3) is 0.375. The second-order valence-electron chi connectivity index (χ2n) is 5.70. The van der Waals surface area contributed by atoms with Crippen molar-refractivity contribution in [3.8, 4) is 11.3 Å². The summed E-state index contributed by atoms with van der Waals surface area (Å²) in [5.41, 5.74) is 1.15. The predicted octanol–water partition coefficient (Wildman–Crippen LogP) is 2.94. The monoisotopic (exact) mass is 287 g/mol. The lowest BCUT2D eigenvalue weighted by atomic mass is 10.1.